The second-order valence-corrected chi connectivity index (χ2v) is 4.37. The summed E-state index contributed by atoms with van der Waals surface area (Å²) in [4.78, 5) is 11.9. The van der Waals surface area contributed by atoms with Gasteiger partial charge in [-0.15, -0.1) is 0 Å². The van der Waals surface area contributed by atoms with Crippen molar-refractivity contribution in [2.75, 3.05) is 5.32 Å². The van der Waals surface area contributed by atoms with E-state index >= 15 is 0 Å². The average molecular weight is 246 g/mol. The topological polar surface area (TPSA) is 83.8 Å². The summed E-state index contributed by atoms with van der Waals surface area (Å²) in [6.07, 6.45) is 4.41. The lowest BCUT2D eigenvalue weighted by Crippen LogP contribution is -2.35. The molecule has 0 fully saturated rings. The highest BCUT2D eigenvalue weighted by atomic mass is 16.2. The highest BCUT2D eigenvalue weighted by Gasteiger charge is 2.14. The van der Waals surface area contributed by atoms with Gasteiger partial charge in [-0.1, -0.05) is 25.8 Å². The smallest absolute Gasteiger partial charge is 0.241 e. The average Bonchev–Trinajstić information content (AvgIpc) is 2.85. The van der Waals surface area contributed by atoms with Crippen LogP contribution < -0.4 is 11.1 Å². The first-order valence-electron chi connectivity index (χ1n) is 6.21. The number of unbranched alkanes of at least 4 members (excludes halogenated alkanes) is 1. The number of carbonyl (C=O) groups is 1. The van der Waals surface area contributed by atoms with E-state index in [0.717, 1.165) is 29.4 Å². The Morgan fingerprint density at radius 2 is 2.39 bits per heavy atom. The zero-order valence-electron chi connectivity index (χ0n) is 10.4. The summed E-state index contributed by atoms with van der Waals surface area (Å²) in [7, 11) is 0. The molecule has 18 heavy (non-hydrogen) atoms. The van der Waals surface area contributed by atoms with Crippen LogP contribution in [-0.4, -0.2) is 22.1 Å². The Balaban J connectivity index is 2.09. The summed E-state index contributed by atoms with van der Waals surface area (Å²) in [5.41, 5.74) is 7.48. The van der Waals surface area contributed by atoms with E-state index in [0.29, 0.717) is 6.42 Å². The van der Waals surface area contributed by atoms with Gasteiger partial charge in [-0.3, -0.25) is 9.89 Å². The predicted molar refractivity (Wildman–Crippen MR) is 72.2 cm³/mol. The molecular formula is C13H18N4O. The predicted octanol–water partition coefficient (Wildman–Crippen LogP) is 2.02. The van der Waals surface area contributed by atoms with Crippen LogP contribution in [0, 0.1) is 0 Å². The molecule has 5 nitrogen and oxygen atoms in total. The molecule has 0 radical (unpaired) electrons. The third-order valence-corrected chi connectivity index (χ3v) is 2.95. The van der Waals surface area contributed by atoms with Gasteiger partial charge in [-0.2, -0.15) is 5.10 Å². The third-order valence-electron chi connectivity index (χ3n) is 2.95. The number of hydrogen-bond acceptors (Lipinski definition) is 3. The van der Waals surface area contributed by atoms with Crippen LogP contribution in [0.3, 0.4) is 0 Å². The highest BCUT2D eigenvalue weighted by Crippen LogP contribution is 2.21. The Morgan fingerprint density at radius 1 is 1.56 bits per heavy atom. The van der Waals surface area contributed by atoms with Crippen molar-refractivity contribution in [2.45, 2.75) is 32.2 Å². The fourth-order valence-corrected chi connectivity index (χ4v) is 1.86. The van der Waals surface area contributed by atoms with Gasteiger partial charge >= 0.3 is 0 Å². The zero-order valence-corrected chi connectivity index (χ0v) is 10.4. The second-order valence-electron chi connectivity index (χ2n) is 4.37. The van der Waals surface area contributed by atoms with Crippen molar-refractivity contribution in [3.8, 4) is 0 Å². The van der Waals surface area contributed by atoms with Gasteiger partial charge in [-0.05, 0) is 18.6 Å². The third kappa shape index (κ3) is 2.68. The van der Waals surface area contributed by atoms with Crippen molar-refractivity contribution in [2.24, 2.45) is 5.73 Å². The van der Waals surface area contributed by atoms with Gasteiger partial charge in [0.2, 0.25) is 5.91 Å². The Morgan fingerprint density at radius 3 is 3.17 bits per heavy atom. The van der Waals surface area contributed by atoms with Gasteiger partial charge in [0.15, 0.2) is 0 Å². The number of anilines is 1. The summed E-state index contributed by atoms with van der Waals surface area (Å²) in [6, 6.07) is 5.18. The summed E-state index contributed by atoms with van der Waals surface area (Å²) in [5.74, 6) is -0.142. The number of aromatic nitrogens is 2. The summed E-state index contributed by atoms with van der Waals surface area (Å²) >= 11 is 0. The molecule has 0 bridgehead atoms. The molecule has 1 atom stereocenters. The van der Waals surface area contributed by atoms with Gasteiger partial charge < -0.3 is 11.1 Å². The number of fused-ring (bicyclic) bond motifs is 1. The summed E-state index contributed by atoms with van der Waals surface area (Å²) in [6.45, 7) is 2.08. The second kappa shape index (κ2) is 5.64. The van der Waals surface area contributed by atoms with Crippen molar-refractivity contribution in [3.63, 3.8) is 0 Å². The van der Waals surface area contributed by atoms with Gasteiger partial charge in [0.05, 0.1) is 23.4 Å². The van der Waals surface area contributed by atoms with Gasteiger partial charge in [0.25, 0.3) is 0 Å². The van der Waals surface area contributed by atoms with Crippen LogP contribution in [0.1, 0.15) is 26.2 Å². The number of hydrogen-bond donors (Lipinski definition) is 3. The number of carbonyl (C=O) groups excluding carboxylic acids is 1. The van der Waals surface area contributed by atoms with E-state index in [1.165, 1.54) is 0 Å². The van der Waals surface area contributed by atoms with E-state index in [4.69, 9.17) is 5.73 Å². The number of rotatable bonds is 5. The minimum absolute atomic E-state index is 0.142. The molecule has 1 heterocycles. The number of nitrogens with zero attached hydrogens (tertiary/aromatic N) is 1. The van der Waals surface area contributed by atoms with Crippen LogP contribution >= 0.6 is 0 Å². The zero-order chi connectivity index (χ0) is 13.0. The Kier molecular flexibility index (Phi) is 3.94. The fraction of sp³-hybridized carbons (Fsp3) is 0.385. The van der Waals surface area contributed by atoms with Crippen LogP contribution in [0.5, 0.6) is 0 Å². The summed E-state index contributed by atoms with van der Waals surface area (Å²) < 4.78 is 0. The molecule has 0 spiro atoms. The molecule has 1 aromatic carbocycles. The molecule has 1 amide bonds. The maximum absolute atomic E-state index is 11.9. The lowest BCUT2D eigenvalue weighted by molar-refractivity contribution is -0.117. The fourth-order valence-electron chi connectivity index (χ4n) is 1.86. The van der Waals surface area contributed by atoms with Gasteiger partial charge in [0.1, 0.15) is 0 Å². The summed E-state index contributed by atoms with van der Waals surface area (Å²) in [5, 5.41) is 10.6. The van der Waals surface area contributed by atoms with Crippen molar-refractivity contribution in [1.82, 2.24) is 10.2 Å². The maximum Gasteiger partial charge on any atom is 0.241 e. The molecule has 0 aliphatic heterocycles. The van der Waals surface area contributed by atoms with Crippen LogP contribution in [0.2, 0.25) is 0 Å². The van der Waals surface area contributed by atoms with Crippen LogP contribution in [0.25, 0.3) is 10.9 Å². The number of aromatic amines is 1. The van der Waals surface area contributed by atoms with Crippen LogP contribution in [0.4, 0.5) is 5.69 Å². The molecule has 0 aliphatic rings. The standard InChI is InChI=1S/C13H18N4O/c1-2-3-5-10(14)13(18)16-11-6-4-7-12-9(11)8-15-17-12/h4,6-8,10H,2-3,5,14H2,1H3,(H,15,17)(H,16,18). The number of nitrogens with two attached hydrogens (primary N) is 1. The number of benzene rings is 1. The van der Waals surface area contributed by atoms with Crippen LogP contribution in [0.15, 0.2) is 24.4 Å². The van der Waals surface area contributed by atoms with E-state index in [9.17, 15) is 4.79 Å². The molecule has 2 aromatic rings. The normalized spacial score (nSPS) is 12.6. The SMILES string of the molecule is CCCCC(N)C(=O)Nc1cccc2[nH]ncc12. The molecule has 1 aromatic heterocycles. The Hall–Kier alpha value is -1.88. The molecule has 0 aliphatic carbocycles. The van der Waals surface area contributed by atoms with Crippen molar-refractivity contribution >= 4 is 22.5 Å². The highest BCUT2D eigenvalue weighted by molar-refractivity contribution is 6.02. The molecule has 96 valence electrons. The Bertz CT molecular complexity index is 535. The van der Waals surface area contributed by atoms with E-state index < -0.39 is 6.04 Å². The quantitative estimate of drug-likeness (QED) is 0.754. The largest absolute Gasteiger partial charge is 0.324 e. The lowest BCUT2D eigenvalue weighted by Gasteiger charge is -2.12. The number of amides is 1. The van der Waals surface area contributed by atoms with E-state index in [-0.39, 0.29) is 5.91 Å². The molecule has 0 saturated carbocycles. The van der Waals surface area contributed by atoms with Crippen molar-refractivity contribution in [3.05, 3.63) is 24.4 Å². The van der Waals surface area contributed by atoms with Crippen molar-refractivity contribution in [1.29, 1.82) is 0 Å². The first-order valence-corrected chi connectivity index (χ1v) is 6.21. The van der Waals surface area contributed by atoms with E-state index in [1.807, 2.05) is 18.2 Å². The molecule has 2 rings (SSSR count). The van der Waals surface area contributed by atoms with E-state index in [2.05, 4.69) is 22.4 Å². The maximum atomic E-state index is 11.9. The van der Waals surface area contributed by atoms with Crippen LogP contribution in [-0.2, 0) is 4.79 Å². The Labute approximate surface area is 106 Å². The number of H-pyrrole nitrogens is 1. The monoisotopic (exact) mass is 246 g/mol. The first kappa shape index (κ1) is 12.6. The molecule has 1 unspecified atom stereocenters. The first-order chi connectivity index (χ1) is 8.72. The number of nitrogens with one attached hydrogen (secondary N) is 2. The molecular weight excluding hydrogens is 228 g/mol. The van der Waals surface area contributed by atoms with Crippen molar-refractivity contribution < 1.29 is 4.79 Å². The minimum Gasteiger partial charge on any atom is -0.324 e. The van der Waals surface area contributed by atoms with Gasteiger partial charge in [-0.25, -0.2) is 0 Å². The van der Waals surface area contributed by atoms with Gasteiger partial charge in [0, 0.05) is 5.39 Å². The van der Waals surface area contributed by atoms with E-state index in [1.54, 1.807) is 6.20 Å². The minimum atomic E-state index is -0.452. The lowest BCUT2D eigenvalue weighted by atomic mass is 10.1. The molecule has 0 saturated heterocycles. The molecule has 4 N–H and O–H groups in total. The molecule has 5 heteroatoms.